The van der Waals surface area contributed by atoms with Gasteiger partial charge in [0.15, 0.2) is 0 Å². The number of nitrogens with zero attached hydrogens (tertiary/aromatic N) is 4. The molecule has 2 aliphatic heterocycles. The first-order chi connectivity index (χ1) is 24.6. The molecule has 0 spiro atoms. The Balaban J connectivity index is 0.000000244. The van der Waals surface area contributed by atoms with Crippen molar-refractivity contribution in [2.75, 3.05) is 45.8 Å². The number of halogens is 4. The Kier molecular flexibility index (Phi) is 18.2. The molecule has 2 heterocycles. The predicted octanol–water partition coefficient (Wildman–Crippen LogP) is 12.5. The minimum absolute atomic E-state index is 0.106. The van der Waals surface area contributed by atoms with E-state index in [-0.39, 0.29) is 31.9 Å². The zero-order valence-electron chi connectivity index (χ0n) is 32.4. The molecule has 0 N–H and O–H groups in total. The van der Waals surface area contributed by atoms with E-state index in [0.717, 1.165) is 26.2 Å². The second kappa shape index (κ2) is 21.0. The Morgan fingerprint density at radius 3 is 0.615 bits per heavy atom. The van der Waals surface area contributed by atoms with Gasteiger partial charge in [0, 0.05) is 48.9 Å². The van der Waals surface area contributed by atoms with Crippen molar-refractivity contribution in [3.8, 4) is 0 Å². The molecule has 0 saturated carbocycles. The van der Waals surface area contributed by atoms with Gasteiger partial charge in [-0.2, -0.15) is 0 Å². The maximum atomic E-state index is 4.81. The first kappa shape index (κ1) is 45.0. The van der Waals surface area contributed by atoms with Crippen molar-refractivity contribution in [1.82, 2.24) is 0 Å². The van der Waals surface area contributed by atoms with Crippen molar-refractivity contribution in [2.45, 2.75) is 83.1 Å². The van der Waals surface area contributed by atoms with E-state index in [4.69, 9.17) is 38.1 Å². The molecule has 10 heteroatoms. The summed E-state index contributed by atoms with van der Waals surface area (Å²) in [7, 11) is 19.3. The fourth-order valence-corrected chi connectivity index (χ4v) is 7.93. The molecule has 0 atom stereocenters. The van der Waals surface area contributed by atoms with Crippen molar-refractivity contribution in [1.29, 1.82) is 0 Å². The molecule has 4 aromatic carbocycles. The molecule has 4 nitrogen and oxygen atoms in total. The van der Waals surface area contributed by atoms with Crippen molar-refractivity contribution in [3.05, 3.63) is 129 Å². The zero-order valence-corrected chi connectivity index (χ0v) is 38.5. The molecule has 0 aliphatic carbocycles. The van der Waals surface area contributed by atoms with Crippen LogP contribution in [0.2, 0.25) is 0 Å². The predicted molar refractivity (Wildman–Crippen MR) is 222 cm³/mol. The van der Waals surface area contributed by atoms with Crippen molar-refractivity contribution < 1.29 is 31.9 Å². The van der Waals surface area contributed by atoms with Crippen LogP contribution in [-0.2, 0) is 31.9 Å². The van der Waals surface area contributed by atoms with Crippen LogP contribution in [0.4, 0.5) is 22.7 Å². The van der Waals surface area contributed by atoms with Gasteiger partial charge in [-0.3, -0.25) is 0 Å². The molecule has 2 saturated heterocycles. The third-order valence-corrected chi connectivity index (χ3v) is 9.20. The summed E-state index contributed by atoms with van der Waals surface area (Å²) in [5.74, 6) is 0. The molecule has 288 valence electrons. The second-order valence-electron chi connectivity index (χ2n) is 13.9. The standard InChI is InChI=1S/2C21H26N2.4ClH.2Pd/c2*1-14-9-16(3)20(17(4)10-14)22-7-8-23(13-22)21-18(5)11-15(2)12-19(21)6;;;;;;/h2*9-12H,7-8H2,1-6H3;4*1H;;/q;;;;;;2*+2/p-4. The molecule has 6 rings (SSSR count). The number of aryl methyl sites for hydroxylation is 12. The van der Waals surface area contributed by atoms with Gasteiger partial charge in [0.2, 0.25) is 13.3 Å². The SMILES string of the molecule is Cc1cc(C)c(N2[C]N(c3c(C)cc(C)cc3C)CC2)c(C)c1.Cc1cc(C)c(N2[C]N(c3c(C)cc(C)cc3C)CC2)c(C)c1.[Cl][Pd][Cl].[Cl][Pd][Cl]. The Hall–Kier alpha value is -1.44. The Morgan fingerprint density at radius 1 is 0.346 bits per heavy atom. The molecule has 2 aliphatic rings. The molecule has 0 bridgehead atoms. The average Bonchev–Trinajstić information content (AvgIpc) is 3.67. The number of anilines is 4. The Labute approximate surface area is 347 Å². The third kappa shape index (κ3) is 11.8. The number of hydrogen-bond donors (Lipinski definition) is 0. The van der Waals surface area contributed by atoms with Gasteiger partial charge < -0.3 is 19.6 Å². The topological polar surface area (TPSA) is 13.0 Å². The summed E-state index contributed by atoms with van der Waals surface area (Å²) < 4.78 is 0. The van der Waals surface area contributed by atoms with Crippen LogP contribution in [-0.4, -0.2) is 26.2 Å². The van der Waals surface area contributed by atoms with E-state index >= 15 is 0 Å². The summed E-state index contributed by atoms with van der Waals surface area (Å²) in [5.41, 5.74) is 21.1. The van der Waals surface area contributed by atoms with Crippen molar-refractivity contribution >= 4 is 60.9 Å². The van der Waals surface area contributed by atoms with Crippen LogP contribution in [0.15, 0.2) is 48.5 Å². The maximum absolute atomic E-state index is 4.81. The number of hydrogen-bond acceptors (Lipinski definition) is 4. The van der Waals surface area contributed by atoms with Crippen LogP contribution in [0.3, 0.4) is 0 Å². The first-order valence-electron chi connectivity index (χ1n) is 17.2. The normalized spacial score (nSPS) is 13.8. The average molecular weight is 968 g/mol. The number of benzene rings is 4. The van der Waals surface area contributed by atoms with Crippen LogP contribution in [0.25, 0.3) is 0 Å². The minimum atomic E-state index is -0.106. The van der Waals surface area contributed by atoms with Gasteiger partial charge in [-0.25, -0.2) is 0 Å². The van der Waals surface area contributed by atoms with E-state index in [1.165, 1.54) is 89.5 Å². The summed E-state index contributed by atoms with van der Waals surface area (Å²) >= 11 is -0.211. The van der Waals surface area contributed by atoms with Crippen molar-refractivity contribution in [2.24, 2.45) is 0 Å². The molecule has 52 heavy (non-hydrogen) atoms. The Morgan fingerprint density at radius 2 is 0.481 bits per heavy atom. The third-order valence-electron chi connectivity index (χ3n) is 9.20. The van der Waals surface area contributed by atoms with Crippen LogP contribution < -0.4 is 19.6 Å². The molecular formula is C42H52Cl4N4Pd2. The molecule has 0 aromatic heterocycles. The van der Waals surface area contributed by atoms with Gasteiger partial charge >= 0.3 is 70.0 Å². The summed E-state index contributed by atoms with van der Waals surface area (Å²) in [6.45, 7) is 37.3. The first-order valence-corrected chi connectivity index (χ1v) is 25.2. The monoisotopic (exact) mass is 964 g/mol. The van der Waals surface area contributed by atoms with E-state index in [9.17, 15) is 0 Å². The van der Waals surface area contributed by atoms with Crippen LogP contribution in [0.1, 0.15) is 66.8 Å². The molecular weight excluding hydrogens is 915 g/mol. The van der Waals surface area contributed by atoms with Crippen LogP contribution >= 0.6 is 38.1 Å². The van der Waals surface area contributed by atoms with Gasteiger partial charge in [0.05, 0.1) is 0 Å². The van der Waals surface area contributed by atoms with E-state index in [1.54, 1.807) is 0 Å². The van der Waals surface area contributed by atoms with Gasteiger partial charge in [-0.1, -0.05) is 70.8 Å². The summed E-state index contributed by atoms with van der Waals surface area (Å²) in [6, 6.07) is 18.1. The molecule has 0 unspecified atom stereocenters. The summed E-state index contributed by atoms with van der Waals surface area (Å²) in [5, 5.41) is 0. The summed E-state index contributed by atoms with van der Waals surface area (Å²) in [4.78, 5) is 9.12. The fraction of sp³-hybridized carbons (Fsp3) is 0.381. The van der Waals surface area contributed by atoms with E-state index in [0.29, 0.717) is 0 Å². The zero-order chi connectivity index (χ0) is 38.9. The summed E-state index contributed by atoms with van der Waals surface area (Å²) in [6.07, 6.45) is 0. The van der Waals surface area contributed by atoms with Gasteiger partial charge in [0.25, 0.3) is 0 Å². The van der Waals surface area contributed by atoms with Crippen molar-refractivity contribution in [3.63, 3.8) is 0 Å². The van der Waals surface area contributed by atoms with Gasteiger partial charge in [0.1, 0.15) is 0 Å². The molecule has 4 aromatic rings. The van der Waals surface area contributed by atoms with Crippen LogP contribution in [0.5, 0.6) is 0 Å². The van der Waals surface area contributed by atoms with E-state index < -0.39 is 0 Å². The van der Waals surface area contributed by atoms with Crippen LogP contribution in [0, 0.1) is 96.4 Å². The second-order valence-corrected chi connectivity index (χ2v) is 18.6. The fourth-order valence-electron chi connectivity index (χ4n) is 7.93. The Bertz CT molecular complexity index is 1470. The van der Waals surface area contributed by atoms with E-state index in [2.05, 4.69) is 165 Å². The van der Waals surface area contributed by atoms with E-state index in [1.807, 2.05) is 0 Å². The number of rotatable bonds is 4. The van der Waals surface area contributed by atoms with Gasteiger partial charge in [-0.05, 0) is 128 Å². The van der Waals surface area contributed by atoms with Gasteiger partial charge in [-0.15, -0.1) is 0 Å². The molecule has 0 amide bonds. The molecule has 2 fully saturated rings. The quantitative estimate of drug-likeness (QED) is 0.189. The molecule has 4 radical (unpaired) electrons.